The summed E-state index contributed by atoms with van der Waals surface area (Å²) in [5, 5.41) is 14.8. The molecule has 1 fully saturated rings. The number of carboxylic acids is 1. The van der Waals surface area contributed by atoms with Crippen LogP contribution in [0.2, 0.25) is 0 Å². The van der Waals surface area contributed by atoms with Gasteiger partial charge in [0, 0.05) is 26.1 Å². The van der Waals surface area contributed by atoms with Crippen LogP contribution in [0.3, 0.4) is 0 Å². The van der Waals surface area contributed by atoms with E-state index in [-0.39, 0.29) is 24.1 Å². The smallest absolute Gasteiger partial charge is 0.315 e. The van der Waals surface area contributed by atoms with Crippen LogP contribution < -0.4 is 10.6 Å². The molecule has 1 aromatic rings. The second-order valence-electron chi connectivity index (χ2n) is 6.29. The Morgan fingerprint density at radius 2 is 1.88 bits per heavy atom. The predicted octanol–water partition coefficient (Wildman–Crippen LogP) is 2.19. The summed E-state index contributed by atoms with van der Waals surface area (Å²) in [6.45, 7) is 0.432. The number of amides is 2. The lowest BCUT2D eigenvalue weighted by Gasteiger charge is -2.27. The van der Waals surface area contributed by atoms with Crippen LogP contribution in [0.4, 0.5) is 4.79 Å². The molecular weight excluding hydrogens is 308 g/mol. The number of hydrogen-bond donors (Lipinski definition) is 3. The zero-order chi connectivity index (χ0) is 17.4. The number of aliphatic carboxylic acids is 1. The largest absolute Gasteiger partial charge is 0.481 e. The highest BCUT2D eigenvalue weighted by Gasteiger charge is 2.26. The molecule has 3 N–H and O–H groups in total. The number of rotatable bonds is 7. The van der Waals surface area contributed by atoms with E-state index >= 15 is 0 Å². The average Bonchev–Trinajstić information content (AvgIpc) is 2.60. The van der Waals surface area contributed by atoms with E-state index in [9.17, 15) is 9.59 Å². The molecule has 0 bridgehead atoms. The second-order valence-corrected chi connectivity index (χ2v) is 6.29. The van der Waals surface area contributed by atoms with Gasteiger partial charge in [0.2, 0.25) is 0 Å². The maximum Gasteiger partial charge on any atom is 0.315 e. The van der Waals surface area contributed by atoms with Gasteiger partial charge >= 0.3 is 12.0 Å². The molecule has 0 aromatic heterocycles. The number of nitrogens with one attached hydrogen (secondary N) is 2. The summed E-state index contributed by atoms with van der Waals surface area (Å²) in [5.74, 6) is -1.00. The first-order valence-electron chi connectivity index (χ1n) is 8.42. The van der Waals surface area contributed by atoms with Gasteiger partial charge in [-0.1, -0.05) is 30.3 Å². The molecule has 6 nitrogen and oxygen atoms in total. The fraction of sp³-hybridized carbons (Fsp3) is 0.556. The second kappa shape index (κ2) is 9.27. The number of benzene rings is 1. The van der Waals surface area contributed by atoms with Crippen LogP contribution in [0.15, 0.2) is 30.3 Å². The fourth-order valence-electron chi connectivity index (χ4n) is 3.04. The standard InChI is InChI=1S/C18H26N2O4/c1-24-16(11-13-5-3-2-4-6-13)12-19-18(23)20-15-9-7-14(8-10-15)17(21)22/h2-6,14-16H,7-12H2,1H3,(H,21,22)(H2,19,20,23). The first-order valence-corrected chi connectivity index (χ1v) is 8.42. The Labute approximate surface area is 142 Å². The Balaban J connectivity index is 1.69. The predicted molar refractivity (Wildman–Crippen MR) is 90.9 cm³/mol. The van der Waals surface area contributed by atoms with Gasteiger partial charge in [0.1, 0.15) is 0 Å². The molecule has 6 heteroatoms. The third-order valence-electron chi connectivity index (χ3n) is 4.54. The summed E-state index contributed by atoms with van der Waals surface area (Å²) in [4.78, 5) is 22.9. The van der Waals surface area contributed by atoms with Gasteiger partial charge in [-0.3, -0.25) is 4.79 Å². The van der Waals surface area contributed by atoms with E-state index in [1.807, 2.05) is 30.3 Å². The quantitative estimate of drug-likeness (QED) is 0.713. The molecule has 1 aliphatic carbocycles. The van der Waals surface area contributed by atoms with Gasteiger partial charge in [0.25, 0.3) is 0 Å². The number of carboxylic acid groups (broad SMARTS) is 1. The van der Waals surface area contributed by atoms with E-state index in [0.717, 1.165) is 6.42 Å². The first-order chi connectivity index (χ1) is 11.6. The van der Waals surface area contributed by atoms with Crippen molar-refractivity contribution in [1.82, 2.24) is 10.6 Å². The summed E-state index contributed by atoms with van der Waals surface area (Å²) < 4.78 is 5.43. The van der Waals surface area contributed by atoms with Crippen molar-refractivity contribution in [2.24, 2.45) is 5.92 Å². The SMILES string of the molecule is COC(CNC(=O)NC1CCC(C(=O)O)CC1)Cc1ccccc1. The lowest BCUT2D eigenvalue weighted by atomic mass is 9.86. The van der Waals surface area contributed by atoms with E-state index < -0.39 is 5.97 Å². The molecule has 0 saturated heterocycles. The fourth-order valence-corrected chi connectivity index (χ4v) is 3.04. The van der Waals surface area contributed by atoms with Gasteiger partial charge in [-0.2, -0.15) is 0 Å². The molecule has 1 aliphatic rings. The molecule has 2 amide bonds. The summed E-state index contributed by atoms with van der Waals surface area (Å²) in [7, 11) is 1.64. The van der Waals surface area contributed by atoms with Crippen molar-refractivity contribution in [3.63, 3.8) is 0 Å². The molecule has 1 unspecified atom stereocenters. The molecule has 132 valence electrons. The van der Waals surface area contributed by atoms with E-state index in [0.29, 0.717) is 32.2 Å². The lowest BCUT2D eigenvalue weighted by Crippen LogP contribution is -2.46. The molecule has 1 aromatic carbocycles. The molecule has 1 atom stereocenters. The zero-order valence-electron chi connectivity index (χ0n) is 14.0. The normalized spacial score (nSPS) is 21.7. The minimum atomic E-state index is -0.734. The average molecular weight is 334 g/mol. The zero-order valence-corrected chi connectivity index (χ0v) is 14.0. The van der Waals surface area contributed by atoms with Crippen LogP contribution in [0.25, 0.3) is 0 Å². The molecule has 0 heterocycles. The van der Waals surface area contributed by atoms with Crippen LogP contribution >= 0.6 is 0 Å². The monoisotopic (exact) mass is 334 g/mol. The van der Waals surface area contributed by atoms with E-state index in [4.69, 9.17) is 9.84 Å². The summed E-state index contributed by atoms with van der Waals surface area (Å²) in [5.41, 5.74) is 1.17. The van der Waals surface area contributed by atoms with Crippen molar-refractivity contribution in [3.05, 3.63) is 35.9 Å². The molecule has 0 radical (unpaired) electrons. The molecule has 24 heavy (non-hydrogen) atoms. The van der Waals surface area contributed by atoms with Gasteiger partial charge in [0.15, 0.2) is 0 Å². The molecule has 0 aliphatic heterocycles. The summed E-state index contributed by atoms with van der Waals surface area (Å²) in [6.07, 6.45) is 3.32. The Hall–Kier alpha value is -2.08. The number of urea groups is 1. The first kappa shape index (κ1) is 18.3. The van der Waals surface area contributed by atoms with Crippen LogP contribution in [0, 0.1) is 5.92 Å². The number of hydrogen-bond acceptors (Lipinski definition) is 3. The third kappa shape index (κ3) is 5.85. The van der Waals surface area contributed by atoms with Crippen molar-refractivity contribution in [2.75, 3.05) is 13.7 Å². The van der Waals surface area contributed by atoms with E-state index in [1.54, 1.807) is 7.11 Å². The maximum atomic E-state index is 12.0. The number of carbonyl (C=O) groups is 2. The molecule has 1 saturated carbocycles. The summed E-state index contributed by atoms with van der Waals surface area (Å²) in [6, 6.07) is 9.83. The van der Waals surface area contributed by atoms with Crippen molar-refractivity contribution in [2.45, 2.75) is 44.2 Å². The van der Waals surface area contributed by atoms with Gasteiger partial charge in [0.05, 0.1) is 12.0 Å². The van der Waals surface area contributed by atoms with Crippen molar-refractivity contribution in [1.29, 1.82) is 0 Å². The molecule has 2 rings (SSSR count). The van der Waals surface area contributed by atoms with Crippen molar-refractivity contribution in [3.8, 4) is 0 Å². The number of carbonyl (C=O) groups excluding carboxylic acids is 1. The highest BCUT2D eigenvalue weighted by molar-refractivity contribution is 5.74. The van der Waals surface area contributed by atoms with E-state index in [2.05, 4.69) is 10.6 Å². The Bertz CT molecular complexity index is 527. The van der Waals surface area contributed by atoms with Crippen LogP contribution in [0.5, 0.6) is 0 Å². The topological polar surface area (TPSA) is 87.7 Å². The molecular formula is C18H26N2O4. The Kier molecular flexibility index (Phi) is 7.06. The van der Waals surface area contributed by atoms with Crippen LogP contribution in [-0.4, -0.2) is 42.9 Å². The number of methoxy groups -OCH3 is 1. The van der Waals surface area contributed by atoms with Gasteiger partial charge in [-0.05, 0) is 31.2 Å². The number of ether oxygens (including phenoxy) is 1. The van der Waals surface area contributed by atoms with E-state index in [1.165, 1.54) is 5.56 Å². The highest BCUT2D eigenvalue weighted by atomic mass is 16.5. The lowest BCUT2D eigenvalue weighted by molar-refractivity contribution is -0.142. The Morgan fingerprint density at radius 1 is 1.21 bits per heavy atom. The van der Waals surface area contributed by atoms with Gasteiger partial charge in [-0.15, -0.1) is 0 Å². The molecule has 0 spiro atoms. The van der Waals surface area contributed by atoms with Gasteiger partial charge < -0.3 is 20.5 Å². The third-order valence-corrected chi connectivity index (χ3v) is 4.54. The minimum Gasteiger partial charge on any atom is -0.481 e. The highest BCUT2D eigenvalue weighted by Crippen LogP contribution is 2.24. The Morgan fingerprint density at radius 3 is 2.46 bits per heavy atom. The minimum absolute atomic E-state index is 0.0516. The summed E-state index contributed by atoms with van der Waals surface area (Å²) >= 11 is 0. The van der Waals surface area contributed by atoms with Crippen molar-refractivity contribution >= 4 is 12.0 Å². The van der Waals surface area contributed by atoms with Crippen LogP contribution in [-0.2, 0) is 16.0 Å². The van der Waals surface area contributed by atoms with Crippen LogP contribution in [0.1, 0.15) is 31.2 Å². The maximum absolute atomic E-state index is 12.0. The van der Waals surface area contributed by atoms with Crippen molar-refractivity contribution < 1.29 is 19.4 Å². The van der Waals surface area contributed by atoms with Gasteiger partial charge in [-0.25, -0.2) is 4.79 Å².